The van der Waals surface area contributed by atoms with Crippen LogP contribution in [-0.4, -0.2) is 6.54 Å². The molecule has 0 atom stereocenters. The van der Waals surface area contributed by atoms with Gasteiger partial charge in [0.25, 0.3) is 0 Å². The smallest absolute Gasteiger partial charge is 0.0270 e. The van der Waals surface area contributed by atoms with Crippen LogP contribution in [0.25, 0.3) is 0 Å². The van der Waals surface area contributed by atoms with Crippen LogP contribution in [0, 0.1) is 0 Å². The van der Waals surface area contributed by atoms with Gasteiger partial charge in [0, 0.05) is 12.2 Å². The van der Waals surface area contributed by atoms with Crippen LogP contribution < -0.4 is 11.5 Å². The van der Waals surface area contributed by atoms with Gasteiger partial charge in [0.15, 0.2) is 0 Å². The van der Waals surface area contributed by atoms with Crippen molar-refractivity contribution < 1.29 is 0 Å². The second-order valence-corrected chi connectivity index (χ2v) is 2.13. The van der Waals surface area contributed by atoms with Gasteiger partial charge >= 0.3 is 0 Å². The molecule has 0 radical (unpaired) electrons. The van der Waals surface area contributed by atoms with E-state index >= 15 is 0 Å². The van der Waals surface area contributed by atoms with Crippen molar-refractivity contribution in [1.82, 2.24) is 0 Å². The highest BCUT2D eigenvalue weighted by atomic mass is 14.6. The van der Waals surface area contributed by atoms with Crippen LogP contribution >= 0.6 is 0 Å². The Morgan fingerprint density at radius 2 is 2.20 bits per heavy atom. The molecule has 0 aliphatic carbocycles. The van der Waals surface area contributed by atoms with Gasteiger partial charge in [-0.3, -0.25) is 0 Å². The molecule has 0 heterocycles. The highest BCUT2D eigenvalue weighted by Gasteiger charge is 1.79. The minimum Gasteiger partial charge on any atom is -0.399 e. The highest BCUT2D eigenvalue weighted by Crippen LogP contribution is 1.93. The predicted octanol–water partition coefficient (Wildman–Crippen LogP) is 1.14. The first-order valence-electron chi connectivity index (χ1n) is 3.63. The molecule has 10 heavy (non-hydrogen) atoms. The molecule has 0 unspecified atom stereocenters. The average molecular weight is 140 g/mol. The number of unbranched alkanes of at least 4 members (excludes halogenated alkanes) is 1. The third kappa shape index (κ3) is 5.38. The topological polar surface area (TPSA) is 52.0 Å². The van der Waals surface area contributed by atoms with Crippen LogP contribution in [0.15, 0.2) is 23.9 Å². The zero-order valence-corrected chi connectivity index (χ0v) is 6.51. The van der Waals surface area contributed by atoms with E-state index in [1.54, 1.807) is 0 Å². The first kappa shape index (κ1) is 9.24. The Labute approximate surface area is 62.6 Å². The third-order valence-corrected chi connectivity index (χ3v) is 1.12. The van der Waals surface area contributed by atoms with Gasteiger partial charge < -0.3 is 11.5 Å². The second-order valence-electron chi connectivity index (χ2n) is 2.13. The molecule has 0 aliphatic heterocycles. The van der Waals surface area contributed by atoms with Crippen molar-refractivity contribution in [3.63, 3.8) is 0 Å². The van der Waals surface area contributed by atoms with Crippen LogP contribution in [0.5, 0.6) is 0 Å². The van der Waals surface area contributed by atoms with Crippen LogP contribution in [0.4, 0.5) is 0 Å². The fourth-order valence-corrected chi connectivity index (χ4v) is 0.583. The van der Waals surface area contributed by atoms with E-state index in [1.807, 2.05) is 18.2 Å². The van der Waals surface area contributed by atoms with Gasteiger partial charge in [-0.25, -0.2) is 0 Å². The number of hydrogen-bond donors (Lipinski definition) is 2. The van der Waals surface area contributed by atoms with Gasteiger partial charge in [-0.2, -0.15) is 0 Å². The van der Waals surface area contributed by atoms with E-state index in [0.29, 0.717) is 6.54 Å². The van der Waals surface area contributed by atoms with E-state index in [-0.39, 0.29) is 0 Å². The molecular formula is C8H16N2. The van der Waals surface area contributed by atoms with E-state index < -0.39 is 0 Å². The molecule has 0 spiro atoms. The Kier molecular flexibility index (Phi) is 5.88. The standard InChI is InChI=1S/C8H16N2/c1-2-3-5-8(10)6-4-7-9/h4-6H,2-3,7,9-10H2,1H3/b6-4-,8-5-. The highest BCUT2D eigenvalue weighted by molar-refractivity contribution is 5.14. The Hall–Kier alpha value is -0.760. The Morgan fingerprint density at radius 3 is 2.70 bits per heavy atom. The van der Waals surface area contributed by atoms with E-state index in [9.17, 15) is 0 Å². The summed E-state index contributed by atoms with van der Waals surface area (Å²) in [5, 5.41) is 0. The van der Waals surface area contributed by atoms with Crippen molar-refractivity contribution in [1.29, 1.82) is 0 Å². The molecule has 4 N–H and O–H groups in total. The lowest BCUT2D eigenvalue weighted by atomic mass is 10.2. The maximum atomic E-state index is 5.56. The molecule has 0 bridgehead atoms. The molecule has 0 fully saturated rings. The van der Waals surface area contributed by atoms with E-state index in [0.717, 1.165) is 18.5 Å². The van der Waals surface area contributed by atoms with Gasteiger partial charge in [-0.15, -0.1) is 0 Å². The first-order valence-corrected chi connectivity index (χ1v) is 3.63. The molecule has 0 aromatic heterocycles. The third-order valence-electron chi connectivity index (χ3n) is 1.12. The van der Waals surface area contributed by atoms with Crippen LogP contribution in [0.2, 0.25) is 0 Å². The maximum absolute atomic E-state index is 5.56. The van der Waals surface area contributed by atoms with E-state index in [4.69, 9.17) is 11.5 Å². The fraction of sp³-hybridized carbons (Fsp3) is 0.500. The molecule has 58 valence electrons. The Bertz CT molecular complexity index is 125. The maximum Gasteiger partial charge on any atom is 0.0270 e. The number of nitrogens with two attached hydrogens (primary N) is 2. The minimum atomic E-state index is 0.556. The average Bonchev–Trinajstić information content (AvgIpc) is 1.97. The molecule has 0 aliphatic rings. The first-order chi connectivity index (χ1) is 4.81. The lowest BCUT2D eigenvalue weighted by Gasteiger charge is -1.90. The SMILES string of the molecule is CCC/C=C(N)/C=C\CN. The predicted molar refractivity (Wildman–Crippen MR) is 45.4 cm³/mol. The molecule has 0 amide bonds. The summed E-state index contributed by atoms with van der Waals surface area (Å²) in [6, 6.07) is 0. The fourth-order valence-electron chi connectivity index (χ4n) is 0.583. The molecule has 0 rings (SSSR count). The minimum absolute atomic E-state index is 0.556. The van der Waals surface area contributed by atoms with Gasteiger partial charge in [-0.05, 0) is 12.5 Å². The monoisotopic (exact) mass is 140 g/mol. The van der Waals surface area contributed by atoms with Crippen molar-refractivity contribution in [2.24, 2.45) is 11.5 Å². The van der Waals surface area contributed by atoms with E-state index in [2.05, 4.69) is 6.92 Å². The van der Waals surface area contributed by atoms with E-state index in [1.165, 1.54) is 0 Å². The summed E-state index contributed by atoms with van der Waals surface area (Å²) in [5.41, 5.74) is 11.6. The van der Waals surface area contributed by atoms with Crippen LogP contribution in [-0.2, 0) is 0 Å². The molecule has 0 aromatic carbocycles. The van der Waals surface area contributed by atoms with Gasteiger partial charge in [0.1, 0.15) is 0 Å². The lowest BCUT2D eigenvalue weighted by Crippen LogP contribution is -1.96. The van der Waals surface area contributed by atoms with Crippen molar-refractivity contribution in [2.75, 3.05) is 6.54 Å². The van der Waals surface area contributed by atoms with Crippen LogP contribution in [0.3, 0.4) is 0 Å². The summed E-state index contributed by atoms with van der Waals surface area (Å²) in [6.07, 6.45) is 7.88. The summed E-state index contributed by atoms with van der Waals surface area (Å²) in [7, 11) is 0. The lowest BCUT2D eigenvalue weighted by molar-refractivity contribution is 0.950. The van der Waals surface area contributed by atoms with Crippen molar-refractivity contribution >= 4 is 0 Å². The number of hydrogen-bond acceptors (Lipinski definition) is 2. The summed E-state index contributed by atoms with van der Waals surface area (Å²) < 4.78 is 0. The normalized spacial score (nSPS) is 12.8. The zero-order chi connectivity index (χ0) is 7.82. The van der Waals surface area contributed by atoms with Crippen molar-refractivity contribution in [3.8, 4) is 0 Å². The molecule has 0 saturated carbocycles. The Morgan fingerprint density at radius 1 is 1.50 bits per heavy atom. The second kappa shape index (κ2) is 6.36. The van der Waals surface area contributed by atoms with Gasteiger partial charge in [-0.1, -0.05) is 25.5 Å². The molecule has 0 saturated heterocycles. The molecular weight excluding hydrogens is 124 g/mol. The summed E-state index contributed by atoms with van der Waals surface area (Å²) >= 11 is 0. The summed E-state index contributed by atoms with van der Waals surface area (Å²) in [5.74, 6) is 0. The number of allylic oxidation sites excluding steroid dienone is 2. The van der Waals surface area contributed by atoms with Gasteiger partial charge in [0.05, 0.1) is 0 Å². The molecule has 2 nitrogen and oxygen atoms in total. The molecule has 0 aromatic rings. The Balaban J connectivity index is 3.59. The number of rotatable bonds is 4. The van der Waals surface area contributed by atoms with Crippen LogP contribution in [0.1, 0.15) is 19.8 Å². The summed E-state index contributed by atoms with van der Waals surface area (Å²) in [6.45, 7) is 2.68. The zero-order valence-electron chi connectivity index (χ0n) is 6.51. The largest absolute Gasteiger partial charge is 0.399 e. The molecule has 2 heteroatoms. The van der Waals surface area contributed by atoms with Crippen molar-refractivity contribution in [2.45, 2.75) is 19.8 Å². The summed E-state index contributed by atoms with van der Waals surface area (Å²) in [4.78, 5) is 0. The quantitative estimate of drug-likeness (QED) is 0.575. The van der Waals surface area contributed by atoms with Crippen molar-refractivity contribution in [3.05, 3.63) is 23.9 Å². The van der Waals surface area contributed by atoms with Gasteiger partial charge in [0.2, 0.25) is 0 Å².